The van der Waals surface area contributed by atoms with Crippen LogP contribution in [0.1, 0.15) is 12.7 Å². The van der Waals surface area contributed by atoms with E-state index in [1.54, 1.807) is 6.92 Å². The summed E-state index contributed by atoms with van der Waals surface area (Å²) in [4.78, 5) is 0. The summed E-state index contributed by atoms with van der Waals surface area (Å²) in [5, 5.41) is 8.65. The van der Waals surface area contributed by atoms with Crippen LogP contribution in [-0.4, -0.2) is 44.6 Å². The molecule has 0 fully saturated rings. The smallest absolute Gasteiger partial charge is 0.276 e. The van der Waals surface area contributed by atoms with Crippen molar-refractivity contribution >= 4 is 10.0 Å². The maximum atomic E-state index is 12.1. The molecule has 1 N–H and O–H groups in total. The number of nitrogens with zero attached hydrogens (tertiary/aromatic N) is 1. The fourth-order valence-electron chi connectivity index (χ4n) is 1.31. The van der Waals surface area contributed by atoms with Crippen molar-refractivity contribution in [3.63, 3.8) is 0 Å². The van der Waals surface area contributed by atoms with Gasteiger partial charge in [-0.2, -0.15) is 4.31 Å². The van der Waals surface area contributed by atoms with Crippen LogP contribution in [0.5, 0.6) is 0 Å². The molecule has 1 unspecified atom stereocenters. The van der Waals surface area contributed by atoms with E-state index in [2.05, 4.69) is 0 Å². The van der Waals surface area contributed by atoms with E-state index in [4.69, 9.17) is 14.3 Å². The number of aliphatic hydroxyl groups excluding tert-OH is 1. The van der Waals surface area contributed by atoms with Crippen molar-refractivity contribution < 1.29 is 22.7 Å². The molecule has 1 aromatic rings. The maximum Gasteiger partial charge on any atom is 0.276 e. The summed E-state index contributed by atoms with van der Waals surface area (Å²) in [6.07, 6.45) is 0. The average Bonchev–Trinajstić information content (AvgIpc) is 2.77. The molecule has 6 nitrogen and oxygen atoms in total. The van der Waals surface area contributed by atoms with Crippen LogP contribution < -0.4 is 0 Å². The van der Waals surface area contributed by atoms with Crippen LogP contribution in [0.3, 0.4) is 0 Å². The number of sulfonamides is 1. The molecule has 1 rings (SSSR count). The Labute approximate surface area is 101 Å². The summed E-state index contributed by atoms with van der Waals surface area (Å²) in [6, 6.07) is 2.46. The van der Waals surface area contributed by atoms with Gasteiger partial charge in [-0.1, -0.05) is 0 Å². The summed E-state index contributed by atoms with van der Waals surface area (Å²) >= 11 is 0. The lowest BCUT2D eigenvalue weighted by molar-refractivity contribution is 0.148. The molecule has 0 amide bonds. The molecule has 0 aliphatic rings. The highest BCUT2D eigenvalue weighted by atomic mass is 32.2. The Morgan fingerprint density at radius 2 is 2.18 bits per heavy atom. The second kappa shape index (κ2) is 5.63. The highest BCUT2D eigenvalue weighted by molar-refractivity contribution is 7.89. The van der Waals surface area contributed by atoms with E-state index in [1.807, 2.05) is 0 Å². The molecule has 1 heterocycles. The van der Waals surface area contributed by atoms with Crippen LogP contribution in [0.25, 0.3) is 0 Å². The van der Waals surface area contributed by atoms with Crippen molar-refractivity contribution in [3.8, 4) is 0 Å². The monoisotopic (exact) mass is 263 g/mol. The number of aliphatic hydroxyl groups is 1. The Kier molecular flexibility index (Phi) is 4.70. The lowest BCUT2D eigenvalue weighted by Gasteiger charge is -2.22. The average molecular weight is 263 g/mol. The van der Waals surface area contributed by atoms with E-state index in [-0.39, 0.29) is 23.5 Å². The van der Waals surface area contributed by atoms with Crippen LogP contribution >= 0.6 is 0 Å². The number of furan rings is 1. The SMILES string of the molecule is COCC(C)N(C)S(=O)(=O)c1ccc(CO)o1. The van der Waals surface area contributed by atoms with E-state index in [9.17, 15) is 8.42 Å². The first kappa shape index (κ1) is 14.2. The lowest BCUT2D eigenvalue weighted by Crippen LogP contribution is -2.37. The lowest BCUT2D eigenvalue weighted by atomic mass is 10.4. The molecule has 0 saturated carbocycles. The number of likely N-dealkylation sites (N-methyl/N-ethyl adjacent to an activating group) is 1. The van der Waals surface area contributed by atoms with Gasteiger partial charge in [0.25, 0.3) is 10.0 Å². The van der Waals surface area contributed by atoms with Gasteiger partial charge in [0.05, 0.1) is 6.61 Å². The van der Waals surface area contributed by atoms with Gasteiger partial charge in [-0.25, -0.2) is 8.42 Å². The summed E-state index contributed by atoms with van der Waals surface area (Å²) in [5.41, 5.74) is 0. The zero-order chi connectivity index (χ0) is 13.1. The zero-order valence-corrected chi connectivity index (χ0v) is 10.9. The van der Waals surface area contributed by atoms with Crippen molar-refractivity contribution in [3.05, 3.63) is 17.9 Å². The molecule has 0 spiro atoms. The van der Waals surface area contributed by atoms with Crippen LogP contribution in [0.2, 0.25) is 0 Å². The molecule has 0 aliphatic heterocycles. The Bertz CT molecular complexity index is 453. The molecule has 7 heteroatoms. The van der Waals surface area contributed by atoms with E-state index < -0.39 is 10.0 Å². The van der Waals surface area contributed by atoms with Crippen molar-refractivity contribution in [2.75, 3.05) is 20.8 Å². The van der Waals surface area contributed by atoms with Crippen LogP contribution in [-0.2, 0) is 21.4 Å². The summed E-state index contributed by atoms with van der Waals surface area (Å²) in [5.74, 6) is 0.219. The van der Waals surface area contributed by atoms with Crippen LogP contribution in [0.4, 0.5) is 0 Å². The van der Waals surface area contributed by atoms with Crippen LogP contribution in [0, 0.1) is 0 Å². The highest BCUT2D eigenvalue weighted by Gasteiger charge is 2.28. The van der Waals surface area contributed by atoms with Gasteiger partial charge in [0.15, 0.2) is 0 Å². The Morgan fingerprint density at radius 3 is 2.65 bits per heavy atom. The highest BCUT2D eigenvalue weighted by Crippen LogP contribution is 2.19. The standard InChI is InChI=1S/C10H17NO5S/c1-8(7-15-3)11(2)17(13,14)10-5-4-9(6-12)16-10/h4-5,8,12H,6-7H2,1-3H3. The van der Waals surface area contributed by atoms with E-state index >= 15 is 0 Å². The van der Waals surface area contributed by atoms with Gasteiger partial charge in [0.1, 0.15) is 12.4 Å². The fraction of sp³-hybridized carbons (Fsp3) is 0.600. The summed E-state index contributed by atoms with van der Waals surface area (Å²) in [7, 11) is -0.708. The Hall–Kier alpha value is -0.890. The van der Waals surface area contributed by atoms with Gasteiger partial charge in [-0.15, -0.1) is 0 Å². The van der Waals surface area contributed by atoms with Crippen molar-refractivity contribution in [2.45, 2.75) is 24.7 Å². The predicted molar refractivity (Wildman–Crippen MR) is 60.9 cm³/mol. The molecular weight excluding hydrogens is 246 g/mol. The maximum absolute atomic E-state index is 12.1. The van der Waals surface area contributed by atoms with E-state index in [0.717, 1.165) is 0 Å². The molecule has 1 aromatic heterocycles. The number of rotatable bonds is 6. The Balaban J connectivity index is 2.94. The van der Waals surface area contributed by atoms with Gasteiger partial charge in [0, 0.05) is 20.2 Å². The molecule has 98 valence electrons. The van der Waals surface area contributed by atoms with Crippen molar-refractivity contribution in [2.24, 2.45) is 0 Å². The van der Waals surface area contributed by atoms with E-state index in [1.165, 1.54) is 30.6 Å². The number of methoxy groups -OCH3 is 1. The quantitative estimate of drug-likeness (QED) is 0.805. The van der Waals surface area contributed by atoms with Gasteiger partial charge >= 0.3 is 0 Å². The molecule has 0 saturated heterocycles. The number of ether oxygens (including phenoxy) is 1. The second-order valence-electron chi connectivity index (χ2n) is 3.70. The first-order chi connectivity index (χ1) is 7.93. The van der Waals surface area contributed by atoms with Gasteiger partial charge < -0.3 is 14.3 Å². The van der Waals surface area contributed by atoms with Crippen LogP contribution in [0.15, 0.2) is 21.6 Å². The summed E-state index contributed by atoms with van der Waals surface area (Å²) < 4.78 is 35.3. The van der Waals surface area contributed by atoms with E-state index in [0.29, 0.717) is 6.61 Å². The predicted octanol–water partition coefficient (Wildman–Crippen LogP) is 0.427. The normalized spacial score (nSPS) is 14.2. The van der Waals surface area contributed by atoms with Crippen molar-refractivity contribution in [1.29, 1.82) is 0 Å². The number of hydrogen-bond donors (Lipinski definition) is 1. The first-order valence-electron chi connectivity index (χ1n) is 5.10. The largest absolute Gasteiger partial charge is 0.446 e. The third-order valence-electron chi connectivity index (χ3n) is 2.45. The van der Waals surface area contributed by atoms with Crippen molar-refractivity contribution in [1.82, 2.24) is 4.31 Å². The zero-order valence-electron chi connectivity index (χ0n) is 10.1. The molecule has 0 radical (unpaired) electrons. The minimum absolute atomic E-state index is 0.174. The van der Waals surface area contributed by atoms with Gasteiger partial charge in [-0.3, -0.25) is 0 Å². The third kappa shape index (κ3) is 3.06. The topological polar surface area (TPSA) is 80.0 Å². The molecule has 1 atom stereocenters. The van der Waals surface area contributed by atoms with Gasteiger partial charge in [0.2, 0.25) is 5.09 Å². The minimum Gasteiger partial charge on any atom is -0.446 e. The van der Waals surface area contributed by atoms with Gasteiger partial charge in [-0.05, 0) is 19.1 Å². The fourth-order valence-corrected chi connectivity index (χ4v) is 2.58. The Morgan fingerprint density at radius 1 is 1.53 bits per heavy atom. The number of hydrogen-bond acceptors (Lipinski definition) is 5. The molecular formula is C10H17NO5S. The molecule has 0 aliphatic carbocycles. The first-order valence-corrected chi connectivity index (χ1v) is 6.54. The molecule has 0 bridgehead atoms. The molecule has 0 aromatic carbocycles. The second-order valence-corrected chi connectivity index (χ2v) is 5.63. The minimum atomic E-state index is -3.67. The molecule has 17 heavy (non-hydrogen) atoms. The third-order valence-corrected chi connectivity index (χ3v) is 4.30. The summed E-state index contributed by atoms with van der Waals surface area (Å²) in [6.45, 7) is 1.70.